The number of hydrogen-bond donors (Lipinski definition) is 2. The Hall–Kier alpha value is -1.10. The van der Waals surface area contributed by atoms with Gasteiger partial charge in [-0.05, 0) is 17.8 Å². The summed E-state index contributed by atoms with van der Waals surface area (Å²) in [5.41, 5.74) is 5.89. The topological polar surface area (TPSA) is 76.2 Å². The van der Waals surface area contributed by atoms with Gasteiger partial charge in [0.05, 0.1) is 5.01 Å². The zero-order valence-corrected chi connectivity index (χ0v) is 11.6. The van der Waals surface area contributed by atoms with Gasteiger partial charge in [-0.25, -0.2) is 9.78 Å². The van der Waals surface area contributed by atoms with Crippen molar-refractivity contribution in [3.63, 3.8) is 0 Å². The van der Waals surface area contributed by atoms with Crippen LogP contribution in [0, 0.1) is 11.3 Å². The number of carboxylic acid groups (broad SMARTS) is 1. The third-order valence-corrected chi connectivity index (χ3v) is 3.29. The number of nitrogen functional groups attached to an aromatic ring is 1. The van der Waals surface area contributed by atoms with Crippen LogP contribution in [0.25, 0.3) is 0 Å². The van der Waals surface area contributed by atoms with Crippen molar-refractivity contribution < 1.29 is 9.90 Å². The lowest BCUT2D eigenvalue weighted by atomic mass is 9.84. The molecule has 0 saturated heterocycles. The van der Waals surface area contributed by atoms with Gasteiger partial charge in [-0.15, -0.1) is 11.3 Å². The second-order valence-electron chi connectivity index (χ2n) is 5.70. The molecule has 96 valence electrons. The number of thiazole rings is 1. The van der Waals surface area contributed by atoms with Crippen LogP contribution in [0.3, 0.4) is 0 Å². The van der Waals surface area contributed by atoms with E-state index in [0.717, 1.165) is 17.8 Å². The molecule has 1 atom stereocenters. The molecule has 4 nitrogen and oxygen atoms in total. The van der Waals surface area contributed by atoms with Gasteiger partial charge in [-0.3, -0.25) is 0 Å². The predicted molar refractivity (Wildman–Crippen MR) is 70.4 cm³/mol. The summed E-state index contributed by atoms with van der Waals surface area (Å²) in [5, 5.41) is 9.98. The summed E-state index contributed by atoms with van der Waals surface area (Å²) in [7, 11) is 0. The first kappa shape index (κ1) is 14.0. The molecule has 5 heteroatoms. The second-order valence-corrected chi connectivity index (χ2v) is 6.81. The maximum absolute atomic E-state index is 10.8. The Morgan fingerprint density at radius 1 is 1.53 bits per heavy atom. The molecule has 1 rings (SSSR count). The van der Waals surface area contributed by atoms with Crippen LogP contribution in [-0.4, -0.2) is 16.1 Å². The van der Waals surface area contributed by atoms with Gasteiger partial charge in [0.1, 0.15) is 5.00 Å². The van der Waals surface area contributed by atoms with Gasteiger partial charge >= 0.3 is 5.97 Å². The molecule has 1 unspecified atom stereocenters. The fourth-order valence-corrected chi connectivity index (χ4v) is 3.02. The lowest BCUT2D eigenvalue weighted by molar-refractivity contribution is 0.0692. The molecule has 0 spiro atoms. The highest BCUT2D eigenvalue weighted by Crippen LogP contribution is 2.29. The van der Waals surface area contributed by atoms with Crippen LogP contribution in [0.1, 0.15) is 49.6 Å². The normalized spacial score (nSPS) is 13.6. The van der Waals surface area contributed by atoms with E-state index in [4.69, 9.17) is 10.8 Å². The van der Waals surface area contributed by atoms with E-state index in [1.54, 1.807) is 0 Å². The number of carboxylic acids is 1. The Balaban J connectivity index is 2.69. The number of hydrogen-bond acceptors (Lipinski definition) is 4. The summed E-state index contributed by atoms with van der Waals surface area (Å²) in [5.74, 6) is -0.573. The lowest BCUT2D eigenvalue weighted by Gasteiger charge is -2.22. The number of rotatable bonds is 4. The van der Waals surface area contributed by atoms with E-state index in [-0.39, 0.29) is 11.1 Å². The SMILES string of the molecule is CC(Cc1nc(C(=O)O)c(N)s1)CC(C)(C)C. The molecule has 1 aromatic rings. The first-order valence-electron chi connectivity index (χ1n) is 5.67. The summed E-state index contributed by atoms with van der Waals surface area (Å²) in [6.45, 7) is 8.75. The van der Waals surface area contributed by atoms with Crippen LogP contribution in [-0.2, 0) is 6.42 Å². The Kier molecular flexibility index (Phi) is 4.14. The second kappa shape index (κ2) is 5.04. The van der Waals surface area contributed by atoms with Crippen LogP contribution in [0.5, 0.6) is 0 Å². The molecule has 17 heavy (non-hydrogen) atoms. The van der Waals surface area contributed by atoms with Crippen LogP contribution < -0.4 is 5.73 Å². The fourth-order valence-electron chi connectivity index (χ4n) is 2.03. The molecule has 3 N–H and O–H groups in total. The average Bonchev–Trinajstić information content (AvgIpc) is 2.42. The van der Waals surface area contributed by atoms with E-state index < -0.39 is 5.97 Å². The Labute approximate surface area is 106 Å². The summed E-state index contributed by atoms with van der Waals surface area (Å²) in [6, 6.07) is 0. The van der Waals surface area contributed by atoms with E-state index in [2.05, 4.69) is 32.7 Å². The fraction of sp³-hybridized carbons (Fsp3) is 0.667. The average molecular weight is 256 g/mol. The zero-order chi connectivity index (χ0) is 13.2. The highest BCUT2D eigenvalue weighted by Gasteiger charge is 2.19. The molecule has 0 radical (unpaired) electrons. The Morgan fingerprint density at radius 3 is 2.53 bits per heavy atom. The summed E-state index contributed by atoms with van der Waals surface area (Å²) >= 11 is 1.28. The van der Waals surface area contributed by atoms with Crippen molar-refractivity contribution in [2.24, 2.45) is 11.3 Å². The minimum absolute atomic E-state index is 0.00652. The van der Waals surface area contributed by atoms with E-state index in [9.17, 15) is 4.79 Å². The van der Waals surface area contributed by atoms with Crippen molar-refractivity contribution in [2.75, 3.05) is 5.73 Å². The van der Waals surface area contributed by atoms with Crippen LogP contribution in [0.4, 0.5) is 5.00 Å². The molecule has 1 aromatic heterocycles. The molecule has 0 fully saturated rings. The summed E-state index contributed by atoms with van der Waals surface area (Å²) in [4.78, 5) is 14.9. The zero-order valence-electron chi connectivity index (χ0n) is 10.8. The van der Waals surface area contributed by atoms with E-state index in [0.29, 0.717) is 10.9 Å². The predicted octanol–water partition coefficient (Wildman–Crippen LogP) is 3.04. The lowest BCUT2D eigenvalue weighted by Crippen LogP contribution is -2.12. The van der Waals surface area contributed by atoms with Gasteiger partial charge in [0.25, 0.3) is 0 Å². The molecule has 0 amide bonds. The minimum Gasteiger partial charge on any atom is -0.476 e. The van der Waals surface area contributed by atoms with Crippen LogP contribution >= 0.6 is 11.3 Å². The molecule has 0 aliphatic rings. The number of carbonyl (C=O) groups is 1. The smallest absolute Gasteiger partial charge is 0.357 e. The van der Waals surface area contributed by atoms with Gasteiger partial charge in [-0.2, -0.15) is 0 Å². The minimum atomic E-state index is -1.05. The van der Waals surface area contributed by atoms with Gasteiger partial charge in [0, 0.05) is 6.42 Å². The molecule has 0 aliphatic heterocycles. The molecule has 0 saturated carbocycles. The standard InChI is InChI=1S/C12H20N2O2S/c1-7(6-12(2,3)4)5-8-14-9(11(15)16)10(13)17-8/h7H,5-6,13H2,1-4H3,(H,15,16). The van der Waals surface area contributed by atoms with E-state index >= 15 is 0 Å². The van der Waals surface area contributed by atoms with Crippen LogP contribution in [0.15, 0.2) is 0 Å². The maximum Gasteiger partial charge on any atom is 0.357 e. The van der Waals surface area contributed by atoms with Crippen molar-refractivity contribution in [3.05, 3.63) is 10.7 Å². The first-order chi connectivity index (χ1) is 7.69. The van der Waals surface area contributed by atoms with Crippen molar-refractivity contribution in [1.82, 2.24) is 4.98 Å². The highest BCUT2D eigenvalue weighted by atomic mass is 32.1. The van der Waals surface area contributed by atoms with Crippen molar-refractivity contribution in [1.29, 1.82) is 0 Å². The number of anilines is 1. The van der Waals surface area contributed by atoms with Gasteiger partial charge in [0.15, 0.2) is 5.69 Å². The molecule has 1 heterocycles. The quantitative estimate of drug-likeness (QED) is 0.868. The number of nitrogens with zero attached hydrogens (tertiary/aromatic N) is 1. The Bertz CT molecular complexity index is 407. The van der Waals surface area contributed by atoms with Crippen molar-refractivity contribution in [3.8, 4) is 0 Å². The van der Waals surface area contributed by atoms with Gasteiger partial charge in [-0.1, -0.05) is 27.7 Å². The van der Waals surface area contributed by atoms with Crippen LogP contribution in [0.2, 0.25) is 0 Å². The monoisotopic (exact) mass is 256 g/mol. The third-order valence-electron chi connectivity index (χ3n) is 2.38. The first-order valence-corrected chi connectivity index (χ1v) is 6.49. The maximum atomic E-state index is 10.8. The van der Waals surface area contributed by atoms with Gasteiger partial charge < -0.3 is 10.8 Å². The van der Waals surface area contributed by atoms with E-state index in [1.807, 2.05) is 0 Å². The molecule has 0 bridgehead atoms. The highest BCUT2D eigenvalue weighted by molar-refractivity contribution is 7.15. The number of aromatic carboxylic acids is 1. The molecular weight excluding hydrogens is 236 g/mol. The van der Waals surface area contributed by atoms with Gasteiger partial charge in [0.2, 0.25) is 0 Å². The van der Waals surface area contributed by atoms with Crippen molar-refractivity contribution in [2.45, 2.75) is 40.5 Å². The third kappa shape index (κ3) is 4.34. The van der Waals surface area contributed by atoms with Crippen molar-refractivity contribution >= 4 is 22.3 Å². The molecular formula is C12H20N2O2S. The Morgan fingerprint density at radius 2 is 2.12 bits per heavy atom. The summed E-state index contributed by atoms with van der Waals surface area (Å²) < 4.78 is 0. The molecule has 0 aliphatic carbocycles. The molecule has 0 aromatic carbocycles. The number of nitrogens with two attached hydrogens (primary N) is 1. The largest absolute Gasteiger partial charge is 0.476 e. The van der Waals surface area contributed by atoms with E-state index in [1.165, 1.54) is 11.3 Å². The summed E-state index contributed by atoms with van der Waals surface area (Å²) in [6.07, 6.45) is 1.87. The number of aromatic nitrogens is 1.